The van der Waals surface area contributed by atoms with E-state index in [9.17, 15) is 19.8 Å². The SMILES string of the molecule is CCCCCC/C=C\C/C=C\CCCCCCCCCC(=O)OCCCCCCCCCCCCCCCCCCC(=O)NC(CO)C(O)/C=C/CCCCCCCCCC. The topological polar surface area (TPSA) is 95.9 Å². The summed E-state index contributed by atoms with van der Waals surface area (Å²) < 4.78 is 5.48. The average Bonchev–Trinajstić information content (AvgIpc) is 3.26. The lowest BCUT2D eigenvalue weighted by atomic mass is 10.0. The molecule has 0 heterocycles. The summed E-state index contributed by atoms with van der Waals surface area (Å²) in [7, 11) is 0. The van der Waals surface area contributed by atoms with Crippen molar-refractivity contribution in [2.24, 2.45) is 0 Å². The van der Waals surface area contributed by atoms with E-state index in [1.807, 2.05) is 6.08 Å². The second-order valence-electron chi connectivity index (χ2n) is 18.2. The maximum atomic E-state index is 12.4. The van der Waals surface area contributed by atoms with Crippen molar-refractivity contribution in [2.45, 2.75) is 289 Å². The van der Waals surface area contributed by atoms with Gasteiger partial charge < -0.3 is 20.3 Å². The summed E-state index contributed by atoms with van der Waals surface area (Å²) in [4.78, 5) is 24.4. The van der Waals surface area contributed by atoms with Gasteiger partial charge in [-0.3, -0.25) is 9.59 Å². The van der Waals surface area contributed by atoms with Crippen molar-refractivity contribution < 1.29 is 24.5 Å². The Morgan fingerprint density at radius 3 is 1.26 bits per heavy atom. The number of esters is 1. The molecule has 61 heavy (non-hydrogen) atoms. The average molecular weight is 858 g/mol. The quantitative estimate of drug-likeness (QED) is 0.0322. The summed E-state index contributed by atoms with van der Waals surface area (Å²) in [6.45, 7) is 4.85. The van der Waals surface area contributed by atoms with Crippen LogP contribution in [0.15, 0.2) is 36.5 Å². The first kappa shape index (κ1) is 59.1. The van der Waals surface area contributed by atoms with Gasteiger partial charge in [0.25, 0.3) is 0 Å². The molecule has 0 aromatic rings. The summed E-state index contributed by atoms with van der Waals surface area (Å²) in [6.07, 6.45) is 61.5. The van der Waals surface area contributed by atoms with Crippen molar-refractivity contribution >= 4 is 11.9 Å². The van der Waals surface area contributed by atoms with Gasteiger partial charge in [0.15, 0.2) is 0 Å². The highest BCUT2D eigenvalue weighted by molar-refractivity contribution is 5.76. The summed E-state index contributed by atoms with van der Waals surface area (Å²) in [5, 5.41) is 22.9. The zero-order chi connectivity index (χ0) is 44.4. The smallest absolute Gasteiger partial charge is 0.305 e. The highest BCUT2D eigenvalue weighted by Crippen LogP contribution is 2.16. The molecular weight excluding hydrogens is 755 g/mol. The third-order valence-corrected chi connectivity index (χ3v) is 12.2. The first-order valence-corrected chi connectivity index (χ1v) is 26.8. The minimum absolute atomic E-state index is 0.00588. The number of ether oxygens (including phenoxy) is 1. The number of aliphatic hydroxyl groups is 2. The van der Waals surface area contributed by atoms with E-state index in [4.69, 9.17) is 4.74 Å². The molecule has 0 bridgehead atoms. The standard InChI is InChI=1S/C55H103NO5/c1-3-5-7-9-11-13-15-16-17-18-19-23-26-29-33-37-41-45-49-55(60)61-50-46-42-38-34-30-27-24-21-20-22-25-28-32-36-40-44-48-54(59)56-52(51-57)53(58)47-43-39-35-31-14-12-10-8-6-4-2/h13,15,17-18,43,47,52-53,57-58H,3-12,14,16,19-42,44-46,48-51H2,1-2H3,(H,56,59)/b15-13-,18-17-,47-43+. The fraction of sp³-hybridized carbons (Fsp3) is 0.855. The lowest BCUT2D eigenvalue weighted by molar-refractivity contribution is -0.143. The van der Waals surface area contributed by atoms with Crippen LogP contribution in [0.4, 0.5) is 0 Å². The predicted octanol–water partition coefficient (Wildman–Crippen LogP) is 16.1. The Hall–Kier alpha value is -1.92. The largest absolute Gasteiger partial charge is 0.466 e. The molecule has 0 aliphatic carbocycles. The number of allylic oxidation sites excluding steroid dienone is 5. The number of unbranched alkanes of at least 4 members (excludes halogenated alkanes) is 34. The van der Waals surface area contributed by atoms with Gasteiger partial charge >= 0.3 is 5.97 Å². The fourth-order valence-electron chi connectivity index (χ4n) is 8.02. The molecular formula is C55H103NO5. The zero-order valence-corrected chi connectivity index (χ0v) is 40.6. The Balaban J connectivity index is 3.42. The van der Waals surface area contributed by atoms with Crippen LogP contribution in [-0.2, 0) is 14.3 Å². The van der Waals surface area contributed by atoms with Crippen LogP contribution in [0.5, 0.6) is 0 Å². The number of rotatable bonds is 49. The highest BCUT2D eigenvalue weighted by atomic mass is 16.5. The zero-order valence-electron chi connectivity index (χ0n) is 40.6. The molecule has 0 aromatic heterocycles. The van der Waals surface area contributed by atoms with E-state index in [1.165, 1.54) is 193 Å². The van der Waals surface area contributed by atoms with Gasteiger partial charge in [-0.25, -0.2) is 0 Å². The third-order valence-electron chi connectivity index (χ3n) is 12.2. The van der Waals surface area contributed by atoms with Crippen LogP contribution >= 0.6 is 0 Å². The number of nitrogens with one attached hydrogen (secondary N) is 1. The van der Waals surface area contributed by atoms with Crippen molar-refractivity contribution in [3.63, 3.8) is 0 Å². The molecule has 0 rings (SSSR count). The molecule has 0 spiro atoms. The number of carbonyl (C=O) groups is 2. The van der Waals surface area contributed by atoms with Crippen molar-refractivity contribution in [1.82, 2.24) is 5.32 Å². The summed E-state index contributed by atoms with van der Waals surface area (Å²) >= 11 is 0. The van der Waals surface area contributed by atoms with Crippen LogP contribution in [0.25, 0.3) is 0 Å². The van der Waals surface area contributed by atoms with Crippen LogP contribution in [0.3, 0.4) is 0 Å². The Morgan fingerprint density at radius 2 is 0.820 bits per heavy atom. The molecule has 6 nitrogen and oxygen atoms in total. The van der Waals surface area contributed by atoms with Crippen molar-refractivity contribution in [3.8, 4) is 0 Å². The first-order valence-electron chi connectivity index (χ1n) is 26.8. The first-order chi connectivity index (χ1) is 30.0. The van der Waals surface area contributed by atoms with Crippen molar-refractivity contribution in [1.29, 1.82) is 0 Å². The predicted molar refractivity (Wildman–Crippen MR) is 264 cm³/mol. The van der Waals surface area contributed by atoms with Gasteiger partial charge in [0.1, 0.15) is 0 Å². The second-order valence-corrected chi connectivity index (χ2v) is 18.2. The molecule has 0 saturated heterocycles. The van der Waals surface area contributed by atoms with Gasteiger partial charge in [-0.1, -0.05) is 237 Å². The number of carbonyl (C=O) groups excluding carboxylic acids is 2. The van der Waals surface area contributed by atoms with Gasteiger partial charge in [-0.2, -0.15) is 0 Å². The van der Waals surface area contributed by atoms with E-state index in [-0.39, 0.29) is 18.5 Å². The summed E-state index contributed by atoms with van der Waals surface area (Å²) in [5.74, 6) is -0.0834. The lowest BCUT2D eigenvalue weighted by Crippen LogP contribution is -2.45. The van der Waals surface area contributed by atoms with Crippen molar-refractivity contribution in [3.05, 3.63) is 36.5 Å². The minimum Gasteiger partial charge on any atom is -0.466 e. The monoisotopic (exact) mass is 858 g/mol. The summed E-state index contributed by atoms with van der Waals surface area (Å²) in [6, 6.07) is -0.632. The Kier molecular flexibility index (Phi) is 49.1. The third kappa shape index (κ3) is 47.4. The molecule has 1 amide bonds. The van der Waals surface area contributed by atoms with E-state index >= 15 is 0 Å². The van der Waals surface area contributed by atoms with Crippen LogP contribution in [0.1, 0.15) is 277 Å². The van der Waals surface area contributed by atoms with Crippen LogP contribution in [0, 0.1) is 0 Å². The Morgan fingerprint density at radius 1 is 0.459 bits per heavy atom. The Labute approximate surface area is 379 Å². The van der Waals surface area contributed by atoms with Crippen molar-refractivity contribution in [2.75, 3.05) is 13.2 Å². The highest BCUT2D eigenvalue weighted by Gasteiger charge is 2.18. The molecule has 3 N–H and O–H groups in total. The molecule has 6 heteroatoms. The van der Waals surface area contributed by atoms with Gasteiger partial charge in [0.05, 0.1) is 25.4 Å². The van der Waals surface area contributed by atoms with Gasteiger partial charge in [0, 0.05) is 12.8 Å². The van der Waals surface area contributed by atoms with E-state index in [0.29, 0.717) is 19.4 Å². The lowest BCUT2D eigenvalue weighted by Gasteiger charge is -2.20. The molecule has 0 aliphatic rings. The molecule has 0 radical (unpaired) electrons. The van der Waals surface area contributed by atoms with Crippen LogP contribution in [0.2, 0.25) is 0 Å². The number of aliphatic hydroxyl groups excluding tert-OH is 2. The molecule has 0 fully saturated rings. The fourth-order valence-corrected chi connectivity index (χ4v) is 8.02. The Bertz CT molecular complexity index is 993. The molecule has 0 aliphatic heterocycles. The van der Waals surface area contributed by atoms with Crippen LogP contribution in [-0.4, -0.2) is 47.4 Å². The van der Waals surface area contributed by atoms with Gasteiger partial charge in [0.2, 0.25) is 5.91 Å². The maximum Gasteiger partial charge on any atom is 0.305 e. The number of hydrogen-bond donors (Lipinski definition) is 3. The van der Waals surface area contributed by atoms with Gasteiger partial charge in [-0.15, -0.1) is 0 Å². The van der Waals surface area contributed by atoms with E-state index in [1.54, 1.807) is 6.08 Å². The molecule has 2 atom stereocenters. The number of hydrogen-bond acceptors (Lipinski definition) is 5. The second kappa shape index (κ2) is 50.7. The van der Waals surface area contributed by atoms with Crippen LogP contribution < -0.4 is 5.32 Å². The normalized spacial score (nSPS) is 12.9. The molecule has 0 aromatic carbocycles. The molecule has 2 unspecified atom stereocenters. The minimum atomic E-state index is -0.847. The maximum absolute atomic E-state index is 12.4. The summed E-state index contributed by atoms with van der Waals surface area (Å²) in [5.41, 5.74) is 0. The molecule has 0 saturated carbocycles. The van der Waals surface area contributed by atoms with E-state index in [2.05, 4.69) is 43.5 Å². The molecule has 358 valence electrons. The number of amides is 1. The van der Waals surface area contributed by atoms with E-state index in [0.717, 1.165) is 57.8 Å². The van der Waals surface area contributed by atoms with E-state index < -0.39 is 12.1 Å². The van der Waals surface area contributed by atoms with Gasteiger partial charge in [-0.05, 0) is 64.2 Å².